The Morgan fingerprint density at radius 3 is 2.39 bits per heavy atom. The fourth-order valence-electron chi connectivity index (χ4n) is 4.20. The fourth-order valence-corrected chi connectivity index (χ4v) is 5.69. The molecular weight excluding hydrogens is 485 g/mol. The molecule has 192 valence electrons. The van der Waals surface area contributed by atoms with Crippen molar-refractivity contribution < 1.29 is 22.3 Å². The van der Waals surface area contributed by atoms with Crippen LogP contribution in [0.3, 0.4) is 0 Å². The Kier molecular flexibility index (Phi) is 7.82. The number of anilines is 1. The summed E-state index contributed by atoms with van der Waals surface area (Å²) in [6, 6.07) is 12.4. The van der Waals surface area contributed by atoms with Crippen LogP contribution in [-0.4, -0.2) is 72.9 Å². The van der Waals surface area contributed by atoms with Gasteiger partial charge in [0, 0.05) is 31.6 Å². The van der Waals surface area contributed by atoms with Crippen molar-refractivity contribution in [1.29, 1.82) is 0 Å². The minimum Gasteiger partial charge on any atom is -0.467 e. The van der Waals surface area contributed by atoms with Gasteiger partial charge in [0.05, 0.1) is 19.2 Å². The van der Waals surface area contributed by atoms with Crippen LogP contribution in [0.5, 0.6) is 0 Å². The van der Waals surface area contributed by atoms with Crippen molar-refractivity contribution in [1.82, 2.24) is 19.2 Å². The van der Waals surface area contributed by atoms with E-state index in [1.807, 2.05) is 38.1 Å². The molecule has 0 radical (unpaired) electrons. The number of methoxy groups -OCH3 is 1. The van der Waals surface area contributed by atoms with Crippen molar-refractivity contribution in [2.24, 2.45) is 5.92 Å². The van der Waals surface area contributed by atoms with Gasteiger partial charge in [-0.3, -0.25) is 4.90 Å². The summed E-state index contributed by atoms with van der Waals surface area (Å²) in [6.45, 7) is 5.60. The quantitative estimate of drug-likeness (QED) is 0.457. The molecule has 3 aromatic rings. The molecule has 1 aliphatic heterocycles. The maximum atomic E-state index is 14.1. The van der Waals surface area contributed by atoms with Gasteiger partial charge >= 0.3 is 5.97 Å². The molecule has 0 amide bonds. The maximum absolute atomic E-state index is 14.1. The number of carbonyl (C=O) groups excluding carboxylic acids is 1. The Hall–Kier alpha value is -3.15. The van der Waals surface area contributed by atoms with Gasteiger partial charge in [-0.2, -0.15) is 4.31 Å². The number of fused-ring (bicyclic) bond motifs is 1. The number of para-hydroxylation sites is 1. The summed E-state index contributed by atoms with van der Waals surface area (Å²) < 4.78 is 46.2. The molecule has 1 aliphatic rings. The molecule has 36 heavy (non-hydrogen) atoms. The van der Waals surface area contributed by atoms with Gasteiger partial charge < -0.3 is 10.1 Å². The van der Waals surface area contributed by atoms with Gasteiger partial charge in [0.1, 0.15) is 28.4 Å². The van der Waals surface area contributed by atoms with E-state index in [4.69, 9.17) is 9.72 Å². The monoisotopic (exact) mass is 515 g/mol. The Morgan fingerprint density at radius 2 is 1.72 bits per heavy atom. The molecule has 1 aromatic heterocycles. The lowest BCUT2D eigenvalue weighted by molar-refractivity contribution is -0.142. The number of sulfonamides is 1. The molecule has 0 spiro atoms. The predicted octanol–water partition coefficient (Wildman–Crippen LogP) is 2.88. The standard InChI is InChI=1S/C25H30FN5O4S/c1-17(2)23(25(32)35-3)29-24-18-8-4-6-10-20(18)27-22(28-24)16-30-12-14-31(15-13-30)36(33,34)21-11-7-5-9-19(21)26/h4-11,17,23H,12-16H2,1-3H3,(H,27,28,29)/t23-/m0/s1. The highest BCUT2D eigenvalue weighted by molar-refractivity contribution is 7.89. The third kappa shape index (κ3) is 5.48. The van der Waals surface area contributed by atoms with E-state index in [2.05, 4.69) is 15.2 Å². The number of benzene rings is 2. The number of carbonyl (C=O) groups is 1. The molecule has 0 bridgehead atoms. The largest absolute Gasteiger partial charge is 0.467 e. The van der Waals surface area contributed by atoms with Crippen LogP contribution in [0.4, 0.5) is 10.2 Å². The molecule has 2 aromatic carbocycles. The lowest BCUT2D eigenvalue weighted by Crippen LogP contribution is -2.48. The van der Waals surface area contributed by atoms with Crippen LogP contribution in [0, 0.1) is 11.7 Å². The average Bonchev–Trinajstić information content (AvgIpc) is 2.87. The van der Waals surface area contributed by atoms with Crippen LogP contribution in [0.25, 0.3) is 10.9 Å². The van der Waals surface area contributed by atoms with Crippen LogP contribution in [0.1, 0.15) is 19.7 Å². The summed E-state index contributed by atoms with van der Waals surface area (Å²) in [5.74, 6) is -0.0637. The highest BCUT2D eigenvalue weighted by atomic mass is 32.2. The molecule has 1 atom stereocenters. The van der Waals surface area contributed by atoms with Crippen LogP contribution in [-0.2, 0) is 26.1 Å². The van der Waals surface area contributed by atoms with Crippen LogP contribution in [0.2, 0.25) is 0 Å². The molecular formula is C25H30FN5O4S. The lowest BCUT2D eigenvalue weighted by atomic mass is 10.0. The van der Waals surface area contributed by atoms with E-state index in [1.165, 1.54) is 29.6 Å². The van der Waals surface area contributed by atoms with Crippen LogP contribution in [0.15, 0.2) is 53.4 Å². The number of hydrogen-bond donors (Lipinski definition) is 1. The highest BCUT2D eigenvalue weighted by Gasteiger charge is 2.31. The van der Waals surface area contributed by atoms with Crippen molar-refractivity contribution in [2.45, 2.75) is 31.3 Å². The van der Waals surface area contributed by atoms with E-state index < -0.39 is 21.9 Å². The molecule has 1 N–H and O–H groups in total. The first-order valence-corrected chi connectivity index (χ1v) is 13.2. The fraction of sp³-hybridized carbons (Fsp3) is 0.400. The first-order valence-electron chi connectivity index (χ1n) is 11.8. The van der Waals surface area contributed by atoms with Crippen molar-refractivity contribution >= 4 is 32.7 Å². The Bertz CT molecular complexity index is 1340. The second-order valence-electron chi connectivity index (χ2n) is 9.01. The summed E-state index contributed by atoms with van der Waals surface area (Å²) in [5.41, 5.74) is 0.734. The van der Waals surface area contributed by atoms with Gasteiger partial charge in [0.15, 0.2) is 0 Å². The van der Waals surface area contributed by atoms with Crippen molar-refractivity contribution in [3.8, 4) is 0 Å². The van der Waals surface area contributed by atoms with Crippen molar-refractivity contribution in [3.63, 3.8) is 0 Å². The number of halogens is 1. The van der Waals surface area contributed by atoms with E-state index in [0.29, 0.717) is 31.3 Å². The van der Waals surface area contributed by atoms with E-state index in [0.717, 1.165) is 17.0 Å². The van der Waals surface area contributed by atoms with E-state index in [9.17, 15) is 17.6 Å². The molecule has 9 nitrogen and oxygen atoms in total. The Morgan fingerprint density at radius 1 is 1.06 bits per heavy atom. The zero-order valence-electron chi connectivity index (χ0n) is 20.5. The maximum Gasteiger partial charge on any atom is 0.328 e. The summed E-state index contributed by atoms with van der Waals surface area (Å²) in [6.07, 6.45) is 0. The number of esters is 1. The number of nitrogens with zero attached hydrogens (tertiary/aromatic N) is 4. The van der Waals surface area contributed by atoms with E-state index in [1.54, 1.807) is 0 Å². The number of ether oxygens (including phenoxy) is 1. The minimum atomic E-state index is -3.91. The molecule has 2 heterocycles. The highest BCUT2D eigenvalue weighted by Crippen LogP contribution is 2.24. The first kappa shape index (κ1) is 25.9. The predicted molar refractivity (Wildman–Crippen MR) is 134 cm³/mol. The molecule has 0 saturated carbocycles. The molecule has 0 aliphatic carbocycles. The normalized spacial score (nSPS) is 16.2. The number of nitrogens with one attached hydrogen (secondary N) is 1. The average molecular weight is 516 g/mol. The van der Waals surface area contributed by atoms with Gasteiger partial charge in [-0.05, 0) is 30.2 Å². The Labute approximate surface area is 210 Å². The summed E-state index contributed by atoms with van der Waals surface area (Å²) in [7, 11) is -2.55. The lowest BCUT2D eigenvalue weighted by Gasteiger charge is -2.33. The first-order chi connectivity index (χ1) is 17.2. The molecule has 1 saturated heterocycles. The summed E-state index contributed by atoms with van der Waals surface area (Å²) >= 11 is 0. The van der Waals surface area contributed by atoms with E-state index in [-0.39, 0.29) is 29.9 Å². The summed E-state index contributed by atoms with van der Waals surface area (Å²) in [4.78, 5) is 23.5. The van der Waals surface area contributed by atoms with Gasteiger partial charge in [-0.25, -0.2) is 27.6 Å². The third-order valence-corrected chi connectivity index (χ3v) is 8.15. The molecule has 1 fully saturated rings. The molecule has 4 rings (SSSR count). The Balaban J connectivity index is 1.51. The smallest absolute Gasteiger partial charge is 0.328 e. The minimum absolute atomic E-state index is 0.0286. The summed E-state index contributed by atoms with van der Waals surface area (Å²) in [5, 5.41) is 4.02. The van der Waals surface area contributed by atoms with Gasteiger partial charge in [0.2, 0.25) is 10.0 Å². The van der Waals surface area contributed by atoms with Gasteiger partial charge in [-0.15, -0.1) is 0 Å². The SMILES string of the molecule is COC(=O)[C@@H](Nc1nc(CN2CCN(S(=O)(=O)c3ccccc3F)CC2)nc2ccccc12)C(C)C. The topological polar surface area (TPSA) is 105 Å². The van der Waals surface area contributed by atoms with Crippen molar-refractivity contribution in [2.75, 3.05) is 38.6 Å². The second kappa shape index (κ2) is 10.9. The van der Waals surface area contributed by atoms with Gasteiger partial charge in [-0.1, -0.05) is 38.1 Å². The molecule has 0 unspecified atom stereocenters. The third-order valence-electron chi connectivity index (χ3n) is 6.21. The number of rotatable bonds is 8. The zero-order valence-corrected chi connectivity index (χ0v) is 21.3. The van der Waals surface area contributed by atoms with Crippen LogP contribution >= 0.6 is 0 Å². The van der Waals surface area contributed by atoms with Gasteiger partial charge in [0.25, 0.3) is 0 Å². The number of aromatic nitrogens is 2. The van der Waals surface area contributed by atoms with Crippen LogP contribution < -0.4 is 5.32 Å². The molecule has 11 heteroatoms. The number of hydrogen-bond acceptors (Lipinski definition) is 8. The zero-order chi connectivity index (χ0) is 25.9. The van der Waals surface area contributed by atoms with Crippen molar-refractivity contribution in [3.05, 3.63) is 60.2 Å². The van der Waals surface area contributed by atoms with E-state index >= 15 is 0 Å². The second-order valence-corrected chi connectivity index (χ2v) is 10.9. The number of piperazine rings is 1.